The first-order chi connectivity index (χ1) is 14.3. The van der Waals surface area contributed by atoms with Gasteiger partial charge in [-0.1, -0.05) is 12.8 Å². The van der Waals surface area contributed by atoms with Crippen LogP contribution < -0.4 is 11.1 Å². The van der Waals surface area contributed by atoms with Gasteiger partial charge in [0.15, 0.2) is 12.0 Å². The molecule has 5 atom stereocenters. The first-order valence-corrected chi connectivity index (χ1v) is 9.86. The number of nitrogens with one attached hydrogen (secondary N) is 1. The number of aromatic nitrogens is 2. The van der Waals surface area contributed by atoms with Crippen LogP contribution in [0.5, 0.6) is 0 Å². The van der Waals surface area contributed by atoms with Crippen LogP contribution >= 0.6 is 0 Å². The topological polar surface area (TPSA) is 132 Å². The summed E-state index contributed by atoms with van der Waals surface area (Å²) in [6.45, 7) is 1.12. The Labute approximate surface area is 171 Å². The lowest BCUT2D eigenvalue weighted by Gasteiger charge is -2.42. The van der Waals surface area contributed by atoms with Crippen molar-refractivity contribution in [3.8, 4) is 0 Å². The molecule has 2 aliphatic heterocycles. The van der Waals surface area contributed by atoms with Gasteiger partial charge in [0.25, 0.3) is 0 Å². The quantitative estimate of drug-likeness (QED) is 0.391. The number of nitrogens with two attached hydrogens (primary N) is 1. The summed E-state index contributed by atoms with van der Waals surface area (Å²) < 4.78 is 55.5. The molecule has 30 heavy (non-hydrogen) atoms. The summed E-state index contributed by atoms with van der Waals surface area (Å²) in [5.74, 6) is -0.221. The second-order valence-corrected chi connectivity index (χ2v) is 7.51. The van der Waals surface area contributed by atoms with Crippen molar-refractivity contribution in [3.63, 3.8) is 0 Å². The third kappa shape index (κ3) is 5.18. The number of unbranched alkanes of at least 4 members (excludes halogenated alkanes) is 3. The third-order valence-electron chi connectivity index (χ3n) is 5.20. The maximum absolute atomic E-state index is 12.8. The number of halogens is 3. The number of hydrogen-bond donors (Lipinski definition) is 4. The molecule has 0 aliphatic carbocycles. The molecule has 3 heterocycles. The molecule has 0 unspecified atom stereocenters. The van der Waals surface area contributed by atoms with Crippen LogP contribution in [-0.2, 0) is 20.4 Å². The first-order valence-electron chi connectivity index (χ1n) is 9.86. The van der Waals surface area contributed by atoms with E-state index in [9.17, 15) is 23.4 Å². The Morgan fingerprint density at radius 1 is 1.23 bits per heavy atom. The molecule has 1 aromatic rings. The predicted octanol–water partition coefficient (Wildman–Crippen LogP) is 0.659. The molecule has 9 nitrogen and oxygen atoms in total. The van der Waals surface area contributed by atoms with Gasteiger partial charge in [-0.05, 0) is 19.4 Å². The average molecular weight is 436 g/mol. The molecule has 12 heteroatoms. The van der Waals surface area contributed by atoms with Gasteiger partial charge in [0.05, 0.1) is 25.6 Å². The van der Waals surface area contributed by atoms with Gasteiger partial charge in [-0.15, -0.1) is 0 Å². The monoisotopic (exact) mass is 436 g/mol. The van der Waals surface area contributed by atoms with E-state index in [4.69, 9.17) is 19.9 Å². The zero-order valence-electron chi connectivity index (χ0n) is 16.3. The highest BCUT2D eigenvalue weighted by molar-refractivity contribution is 5.35. The molecule has 170 valence electrons. The van der Waals surface area contributed by atoms with E-state index in [1.165, 1.54) is 0 Å². The smallest absolute Gasteiger partial charge is 0.388 e. The summed E-state index contributed by atoms with van der Waals surface area (Å²) in [4.78, 5) is 6.97. The van der Waals surface area contributed by atoms with Crippen LogP contribution in [0.15, 0.2) is 12.4 Å². The third-order valence-corrected chi connectivity index (χ3v) is 5.20. The SMILES string of the molecule is NCCCCCCOC[C@@]12CO[C@@H](O1)[C@H](Nc1cncc(C(F)(F)F)n1)[C@@H](O)[C@H]2O. The van der Waals surface area contributed by atoms with Gasteiger partial charge in [0.2, 0.25) is 0 Å². The molecule has 2 aliphatic rings. The van der Waals surface area contributed by atoms with Gasteiger partial charge in [0, 0.05) is 6.61 Å². The minimum atomic E-state index is -4.66. The molecule has 2 saturated heterocycles. The standard InChI is InChI=1S/C18H27F3N4O5/c19-18(20,21)11-7-23-8-12(24-11)25-13-14(26)15(27)17(10-29-16(13)30-17)9-28-6-4-2-1-3-5-22/h7-8,13-16,26-27H,1-6,9-10,22H2,(H,24,25)/t13-,14-,15-,16+,17+/m1/s1. The van der Waals surface area contributed by atoms with Crippen molar-refractivity contribution in [2.45, 2.75) is 62.0 Å². The van der Waals surface area contributed by atoms with Gasteiger partial charge in [-0.3, -0.25) is 4.98 Å². The number of fused-ring (bicyclic) bond motifs is 2. The zero-order chi connectivity index (χ0) is 21.8. The fourth-order valence-electron chi connectivity index (χ4n) is 3.53. The molecule has 1 aromatic heterocycles. The Kier molecular flexibility index (Phi) is 7.47. The van der Waals surface area contributed by atoms with Crippen molar-refractivity contribution in [3.05, 3.63) is 18.1 Å². The molecule has 5 N–H and O–H groups in total. The molecule has 0 saturated carbocycles. The molecule has 0 radical (unpaired) electrons. The van der Waals surface area contributed by atoms with Crippen molar-refractivity contribution < 1.29 is 37.6 Å². The highest BCUT2D eigenvalue weighted by Crippen LogP contribution is 2.38. The molecule has 3 rings (SSSR count). The molecule has 0 amide bonds. The van der Waals surface area contributed by atoms with E-state index in [2.05, 4.69) is 15.3 Å². The van der Waals surface area contributed by atoms with Gasteiger partial charge >= 0.3 is 6.18 Å². The second-order valence-electron chi connectivity index (χ2n) is 7.51. The summed E-state index contributed by atoms with van der Waals surface area (Å²) in [5.41, 5.74) is 3.03. The molecular weight excluding hydrogens is 409 g/mol. The first kappa shape index (κ1) is 23.1. The van der Waals surface area contributed by atoms with E-state index in [-0.39, 0.29) is 19.0 Å². The van der Waals surface area contributed by atoms with Gasteiger partial charge in [-0.2, -0.15) is 13.2 Å². The fraction of sp³-hybridized carbons (Fsp3) is 0.778. The van der Waals surface area contributed by atoms with Gasteiger partial charge < -0.3 is 35.5 Å². The fourth-order valence-corrected chi connectivity index (χ4v) is 3.53. The molecule has 2 bridgehead atoms. The number of aliphatic hydroxyl groups is 2. The van der Waals surface area contributed by atoms with Crippen molar-refractivity contribution in [2.75, 3.05) is 31.7 Å². The summed E-state index contributed by atoms with van der Waals surface area (Å²) in [7, 11) is 0. The number of alkyl halides is 3. The molecule has 0 aromatic carbocycles. The highest BCUT2D eigenvalue weighted by atomic mass is 19.4. The summed E-state index contributed by atoms with van der Waals surface area (Å²) in [6, 6.07) is -1.04. The molecule has 2 fully saturated rings. The largest absolute Gasteiger partial charge is 0.434 e. The van der Waals surface area contributed by atoms with Crippen LogP contribution in [0.1, 0.15) is 31.4 Å². The number of aliphatic hydroxyl groups excluding tert-OH is 2. The van der Waals surface area contributed by atoms with Crippen LogP contribution in [0.25, 0.3) is 0 Å². The number of anilines is 1. The predicted molar refractivity (Wildman–Crippen MR) is 98.4 cm³/mol. The molecular formula is C18H27F3N4O5. The Hall–Kier alpha value is -1.57. The normalized spacial score (nSPS) is 31.1. The van der Waals surface area contributed by atoms with E-state index < -0.39 is 42.0 Å². The summed E-state index contributed by atoms with van der Waals surface area (Å²) >= 11 is 0. The minimum absolute atomic E-state index is 0.0183. The highest BCUT2D eigenvalue weighted by Gasteiger charge is 2.59. The van der Waals surface area contributed by atoms with E-state index in [0.29, 0.717) is 19.3 Å². The van der Waals surface area contributed by atoms with Crippen LogP contribution in [0.4, 0.5) is 19.0 Å². The second kappa shape index (κ2) is 9.71. The maximum atomic E-state index is 12.8. The zero-order valence-corrected chi connectivity index (χ0v) is 16.3. The maximum Gasteiger partial charge on any atom is 0.434 e. The van der Waals surface area contributed by atoms with Crippen molar-refractivity contribution in [2.24, 2.45) is 5.73 Å². The number of ether oxygens (including phenoxy) is 3. The van der Waals surface area contributed by atoms with Crippen LogP contribution in [-0.4, -0.2) is 76.7 Å². The van der Waals surface area contributed by atoms with E-state index in [1.54, 1.807) is 0 Å². The number of nitrogens with zero attached hydrogens (tertiary/aromatic N) is 2. The minimum Gasteiger partial charge on any atom is -0.388 e. The lowest BCUT2D eigenvalue weighted by Crippen LogP contribution is -2.64. The Bertz CT molecular complexity index is 698. The van der Waals surface area contributed by atoms with Crippen LogP contribution in [0.2, 0.25) is 0 Å². The van der Waals surface area contributed by atoms with Crippen LogP contribution in [0.3, 0.4) is 0 Å². The lowest BCUT2D eigenvalue weighted by molar-refractivity contribution is -0.229. The van der Waals surface area contributed by atoms with Crippen molar-refractivity contribution in [1.29, 1.82) is 0 Å². The van der Waals surface area contributed by atoms with Gasteiger partial charge in [-0.25, -0.2) is 4.98 Å². The Morgan fingerprint density at radius 3 is 2.73 bits per heavy atom. The van der Waals surface area contributed by atoms with Gasteiger partial charge in [0.1, 0.15) is 29.7 Å². The van der Waals surface area contributed by atoms with Crippen molar-refractivity contribution in [1.82, 2.24) is 9.97 Å². The summed E-state index contributed by atoms with van der Waals surface area (Å²) in [5, 5.41) is 23.8. The lowest BCUT2D eigenvalue weighted by atomic mass is 9.88. The number of hydrogen-bond acceptors (Lipinski definition) is 9. The van der Waals surface area contributed by atoms with E-state index >= 15 is 0 Å². The van der Waals surface area contributed by atoms with E-state index in [1.807, 2.05) is 0 Å². The summed E-state index contributed by atoms with van der Waals surface area (Å²) in [6.07, 6.45) is -2.95. The molecule has 0 spiro atoms. The average Bonchev–Trinajstić information content (AvgIpc) is 3.11. The van der Waals surface area contributed by atoms with Crippen molar-refractivity contribution >= 4 is 5.82 Å². The van der Waals surface area contributed by atoms with Crippen LogP contribution in [0, 0.1) is 0 Å². The number of rotatable bonds is 10. The Morgan fingerprint density at radius 2 is 2.00 bits per heavy atom. The Balaban J connectivity index is 1.57. The van der Waals surface area contributed by atoms with E-state index in [0.717, 1.165) is 31.9 Å².